The Labute approximate surface area is 96.2 Å². The number of aryl methyl sites for hydroxylation is 1. The summed E-state index contributed by atoms with van der Waals surface area (Å²) >= 11 is 0. The van der Waals surface area contributed by atoms with E-state index in [-0.39, 0.29) is 5.41 Å². The van der Waals surface area contributed by atoms with Crippen LogP contribution >= 0.6 is 0 Å². The summed E-state index contributed by atoms with van der Waals surface area (Å²) in [6, 6.07) is 6.02. The smallest absolute Gasteiger partial charge is 0.234 e. The number of hydrogen-bond acceptors (Lipinski definition) is 3. The SMILES string of the molecule is COc1ccc(C(C)(C)CN=C=O)cc1C. The van der Waals surface area contributed by atoms with Gasteiger partial charge in [-0.3, -0.25) is 0 Å². The van der Waals surface area contributed by atoms with Crippen molar-refractivity contribution in [3.05, 3.63) is 29.3 Å². The molecule has 3 nitrogen and oxygen atoms in total. The third-order valence-electron chi connectivity index (χ3n) is 2.72. The van der Waals surface area contributed by atoms with Gasteiger partial charge in [0, 0.05) is 5.41 Å². The van der Waals surface area contributed by atoms with E-state index in [2.05, 4.69) is 24.9 Å². The van der Waals surface area contributed by atoms with Crippen LogP contribution in [0.1, 0.15) is 25.0 Å². The number of rotatable bonds is 4. The zero-order valence-corrected chi connectivity index (χ0v) is 10.2. The molecule has 86 valence electrons. The molecule has 0 saturated carbocycles. The molecule has 16 heavy (non-hydrogen) atoms. The van der Waals surface area contributed by atoms with Gasteiger partial charge in [-0.05, 0) is 24.1 Å². The summed E-state index contributed by atoms with van der Waals surface area (Å²) in [6.07, 6.45) is 1.58. The molecule has 0 unspecified atom stereocenters. The molecule has 0 aliphatic carbocycles. The maximum absolute atomic E-state index is 10.1. The minimum Gasteiger partial charge on any atom is -0.496 e. The summed E-state index contributed by atoms with van der Waals surface area (Å²) in [5.74, 6) is 0.874. The lowest BCUT2D eigenvalue weighted by molar-refractivity contribution is 0.411. The highest BCUT2D eigenvalue weighted by atomic mass is 16.5. The van der Waals surface area contributed by atoms with Crippen LogP contribution in [0.5, 0.6) is 5.75 Å². The standard InChI is InChI=1S/C13H17NO2/c1-10-7-11(5-6-12(10)16-4)13(2,3)8-14-9-15/h5-7H,8H2,1-4H3. The molecule has 0 heterocycles. The van der Waals surface area contributed by atoms with Crippen LogP contribution in [0.25, 0.3) is 0 Å². The Morgan fingerprint density at radius 3 is 2.62 bits per heavy atom. The molecule has 0 aromatic heterocycles. The normalized spacial score (nSPS) is 10.8. The first-order chi connectivity index (χ1) is 7.51. The third-order valence-corrected chi connectivity index (χ3v) is 2.72. The quantitative estimate of drug-likeness (QED) is 0.576. The zero-order chi connectivity index (χ0) is 12.2. The molecule has 3 heteroatoms. The fourth-order valence-corrected chi connectivity index (χ4v) is 1.62. The van der Waals surface area contributed by atoms with Gasteiger partial charge in [-0.25, -0.2) is 9.79 Å². The highest BCUT2D eigenvalue weighted by Gasteiger charge is 2.20. The van der Waals surface area contributed by atoms with Gasteiger partial charge < -0.3 is 4.74 Å². The van der Waals surface area contributed by atoms with E-state index in [9.17, 15) is 4.79 Å². The van der Waals surface area contributed by atoms with Crippen LogP contribution in [-0.4, -0.2) is 19.7 Å². The van der Waals surface area contributed by atoms with Crippen LogP contribution in [-0.2, 0) is 10.2 Å². The molecule has 0 aliphatic rings. The second-order valence-electron chi connectivity index (χ2n) is 4.48. The molecule has 0 aliphatic heterocycles. The van der Waals surface area contributed by atoms with Crippen molar-refractivity contribution in [3.8, 4) is 5.75 Å². The average Bonchev–Trinajstić information content (AvgIpc) is 2.26. The molecule has 0 spiro atoms. The Morgan fingerprint density at radius 1 is 1.44 bits per heavy atom. The summed E-state index contributed by atoms with van der Waals surface area (Å²) in [7, 11) is 1.66. The van der Waals surface area contributed by atoms with Gasteiger partial charge in [-0.2, -0.15) is 0 Å². The number of hydrogen-bond donors (Lipinski definition) is 0. The first kappa shape index (κ1) is 12.5. The van der Waals surface area contributed by atoms with E-state index in [1.165, 1.54) is 0 Å². The highest BCUT2D eigenvalue weighted by molar-refractivity contribution is 5.40. The van der Waals surface area contributed by atoms with E-state index in [0.29, 0.717) is 6.54 Å². The van der Waals surface area contributed by atoms with Crippen LogP contribution in [0, 0.1) is 6.92 Å². The second-order valence-corrected chi connectivity index (χ2v) is 4.48. The van der Waals surface area contributed by atoms with Crippen molar-refractivity contribution in [2.45, 2.75) is 26.2 Å². The van der Waals surface area contributed by atoms with Gasteiger partial charge in [0.2, 0.25) is 6.08 Å². The molecule has 0 atom stereocenters. The molecule has 0 amide bonds. The van der Waals surface area contributed by atoms with Gasteiger partial charge in [0.05, 0.1) is 13.7 Å². The van der Waals surface area contributed by atoms with E-state index in [0.717, 1.165) is 16.9 Å². The highest BCUT2D eigenvalue weighted by Crippen LogP contribution is 2.28. The average molecular weight is 219 g/mol. The summed E-state index contributed by atoms with van der Waals surface area (Å²) in [6.45, 7) is 6.55. The lowest BCUT2D eigenvalue weighted by atomic mass is 9.84. The molecule has 0 fully saturated rings. The Morgan fingerprint density at radius 2 is 2.12 bits per heavy atom. The van der Waals surface area contributed by atoms with Crippen molar-refractivity contribution in [2.24, 2.45) is 4.99 Å². The van der Waals surface area contributed by atoms with Gasteiger partial charge in [-0.15, -0.1) is 0 Å². The Kier molecular flexibility index (Phi) is 3.86. The number of benzene rings is 1. The fourth-order valence-electron chi connectivity index (χ4n) is 1.62. The molecule has 0 radical (unpaired) electrons. The minimum absolute atomic E-state index is 0.158. The number of nitrogens with zero attached hydrogens (tertiary/aromatic N) is 1. The van der Waals surface area contributed by atoms with E-state index in [4.69, 9.17) is 4.74 Å². The van der Waals surface area contributed by atoms with Gasteiger partial charge in [-0.1, -0.05) is 26.0 Å². The molecule has 0 bridgehead atoms. The van der Waals surface area contributed by atoms with Crippen molar-refractivity contribution < 1.29 is 9.53 Å². The van der Waals surface area contributed by atoms with Gasteiger partial charge in [0.25, 0.3) is 0 Å². The largest absolute Gasteiger partial charge is 0.496 e. The van der Waals surface area contributed by atoms with Crippen LogP contribution < -0.4 is 4.74 Å². The van der Waals surface area contributed by atoms with Crippen LogP contribution in [0.2, 0.25) is 0 Å². The molecular weight excluding hydrogens is 202 g/mol. The molecular formula is C13H17NO2. The van der Waals surface area contributed by atoms with E-state index >= 15 is 0 Å². The summed E-state index contributed by atoms with van der Waals surface area (Å²) < 4.78 is 5.21. The number of carbonyl (C=O) groups excluding carboxylic acids is 1. The van der Waals surface area contributed by atoms with Crippen molar-refractivity contribution in [1.29, 1.82) is 0 Å². The third kappa shape index (κ3) is 2.71. The van der Waals surface area contributed by atoms with Gasteiger partial charge in [0.15, 0.2) is 0 Å². The summed E-state index contributed by atoms with van der Waals surface area (Å²) in [4.78, 5) is 13.8. The number of methoxy groups -OCH3 is 1. The monoisotopic (exact) mass is 219 g/mol. The predicted molar refractivity (Wildman–Crippen MR) is 63.7 cm³/mol. The van der Waals surface area contributed by atoms with Crippen LogP contribution in [0.4, 0.5) is 0 Å². The molecule has 1 rings (SSSR count). The first-order valence-corrected chi connectivity index (χ1v) is 5.20. The number of aliphatic imine (C=N–C) groups is 1. The number of isocyanates is 1. The second kappa shape index (κ2) is 4.95. The van der Waals surface area contributed by atoms with E-state index < -0.39 is 0 Å². The first-order valence-electron chi connectivity index (χ1n) is 5.20. The van der Waals surface area contributed by atoms with Gasteiger partial charge in [0.1, 0.15) is 5.75 Å². The molecule has 1 aromatic carbocycles. The van der Waals surface area contributed by atoms with Crippen molar-refractivity contribution >= 4 is 6.08 Å². The maximum atomic E-state index is 10.1. The van der Waals surface area contributed by atoms with E-state index in [1.807, 2.05) is 19.1 Å². The topological polar surface area (TPSA) is 38.7 Å². The minimum atomic E-state index is -0.158. The fraction of sp³-hybridized carbons (Fsp3) is 0.462. The van der Waals surface area contributed by atoms with Crippen LogP contribution in [0.15, 0.2) is 23.2 Å². The summed E-state index contributed by atoms with van der Waals surface area (Å²) in [5.41, 5.74) is 2.07. The zero-order valence-electron chi connectivity index (χ0n) is 10.2. The summed E-state index contributed by atoms with van der Waals surface area (Å²) in [5, 5.41) is 0. The van der Waals surface area contributed by atoms with Crippen molar-refractivity contribution in [1.82, 2.24) is 0 Å². The van der Waals surface area contributed by atoms with Gasteiger partial charge >= 0.3 is 0 Å². The predicted octanol–water partition coefficient (Wildman–Crippen LogP) is 2.62. The lowest BCUT2D eigenvalue weighted by Crippen LogP contribution is -2.21. The van der Waals surface area contributed by atoms with Crippen molar-refractivity contribution in [2.75, 3.05) is 13.7 Å². The van der Waals surface area contributed by atoms with E-state index in [1.54, 1.807) is 13.2 Å². The maximum Gasteiger partial charge on any atom is 0.234 e. The van der Waals surface area contributed by atoms with Crippen LogP contribution in [0.3, 0.4) is 0 Å². The lowest BCUT2D eigenvalue weighted by Gasteiger charge is -2.23. The number of ether oxygens (including phenoxy) is 1. The van der Waals surface area contributed by atoms with Crippen molar-refractivity contribution in [3.63, 3.8) is 0 Å². The molecule has 0 N–H and O–H groups in total. The Hall–Kier alpha value is -1.60. The Bertz CT molecular complexity index is 418. The molecule has 1 aromatic rings. The molecule has 0 saturated heterocycles. The Balaban J connectivity index is 3.04.